The molecular formula is C23H34N4O4. The number of carbonyl (C=O) groups is 1. The van der Waals surface area contributed by atoms with Gasteiger partial charge in [-0.15, -0.1) is 0 Å². The molecule has 0 amide bonds. The van der Waals surface area contributed by atoms with Crippen LogP contribution in [0.3, 0.4) is 0 Å². The first-order valence-corrected chi connectivity index (χ1v) is 10.8. The van der Waals surface area contributed by atoms with Gasteiger partial charge in [-0.1, -0.05) is 6.92 Å². The van der Waals surface area contributed by atoms with Crippen LogP contribution in [-0.4, -0.2) is 69.3 Å². The maximum absolute atomic E-state index is 12.0. The molecule has 1 aliphatic heterocycles. The van der Waals surface area contributed by atoms with Gasteiger partial charge in [0.25, 0.3) is 0 Å². The highest BCUT2D eigenvalue weighted by molar-refractivity contribution is 5.88. The lowest BCUT2D eigenvalue weighted by Gasteiger charge is -2.21. The van der Waals surface area contributed by atoms with Crippen molar-refractivity contribution in [2.24, 2.45) is 16.8 Å². The number of aryl methyl sites for hydroxylation is 1. The van der Waals surface area contributed by atoms with Crippen LogP contribution in [0.1, 0.15) is 26.0 Å². The first-order chi connectivity index (χ1) is 15.0. The van der Waals surface area contributed by atoms with Crippen LogP contribution in [0.4, 0.5) is 0 Å². The minimum atomic E-state index is -0.142. The molecule has 8 nitrogen and oxygen atoms in total. The molecule has 2 atom stereocenters. The molecule has 0 aliphatic carbocycles. The number of carbonyl (C=O) groups excluding carboxylic acids is 1. The average molecular weight is 431 g/mol. The van der Waals surface area contributed by atoms with Gasteiger partial charge in [-0.05, 0) is 31.7 Å². The van der Waals surface area contributed by atoms with Crippen LogP contribution in [-0.2, 0) is 16.0 Å². The molecular weight excluding hydrogens is 396 g/mol. The lowest BCUT2D eigenvalue weighted by atomic mass is 9.99. The van der Waals surface area contributed by atoms with Gasteiger partial charge in [0.05, 0.1) is 32.8 Å². The van der Waals surface area contributed by atoms with E-state index in [1.54, 1.807) is 14.2 Å². The molecule has 2 unspecified atom stereocenters. The standard InChI is InChI=1S/C23H34N4O4/c1-6-24-23(27-13-15(2)19(14-27)22(28)31-5)25-9-7-8-16-10-18-20(26-16)11-17(29-3)12-21(18)30-4/h10-12,15,19,26H,6-9,13-14H2,1-5H3,(H,24,25). The van der Waals surface area contributed by atoms with Crippen molar-refractivity contribution in [2.75, 3.05) is 47.5 Å². The Bertz CT molecular complexity index is 924. The van der Waals surface area contributed by atoms with E-state index in [1.165, 1.54) is 7.11 Å². The lowest BCUT2D eigenvalue weighted by molar-refractivity contribution is -0.145. The van der Waals surface area contributed by atoms with Gasteiger partial charge in [0, 0.05) is 49.4 Å². The average Bonchev–Trinajstić information content (AvgIpc) is 3.37. The second-order valence-electron chi connectivity index (χ2n) is 7.94. The third-order valence-corrected chi connectivity index (χ3v) is 5.80. The van der Waals surface area contributed by atoms with Crippen LogP contribution in [0.5, 0.6) is 11.5 Å². The monoisotopic (exact) mass is 430 g/mol. The molecule has 2 heterocycles. The molecule has 2 aromatic rings. The smallest absolute Gasteiger partial charge is 0.310 e. The third kappa shape index (κ3) is 5.24. The van der Waals surface area contributed by atoms with Crippen LogP contribution in [0.2, 0.25) is 0 Å². The van der Waals surface area contributed by atoms with Crippen LogP contribution >= 0.6 is 0 Å². The van der Waals surface area contributed by atoms with E-state index in [0.29, 0.717) is 13.1 Å². The summed E-state index contributed by atoms with van der Waals surface area (Å²) in [6.45, 7) is 7.07. The van der Waals surface area contributed by atoms with Gasteiger partial charge in [-0.25, -0.2) is 0 Å². The Morgan fingerprint density at radius 3 is 2.71 bits per heavy atom. The summed E-state index contributed by atoms with van der Waals surface area (Å²) in [6, 6.07) is 6.01. The number of nitrogens with one attached hydrogen (secondary N) is 2. The number of rotatable bonds is 8. The summed E-state index contributed by atoms with van der Waals surface area (Å²) in [6.07, 6.45) is 1.79. The zero-order valence-corrected chi connectivity index (χ0v) is 19.2. The quantitative estimate of drug-likeness (QED) is 0.290. The largest absolute Gasteiger partial charge is 0.497 e. The second kappa shape index (κ2) is 10.4. The zero-order chi connectivity index (χ0) is 22.4. The number of aromatic nitrogens is 1. The van der Waals surface area contributed by atoms with Crippen molar-refractivity contribution in [3.8, 4) is 11.5 Å². The Hall–Kier alpha value is -2.90. The minimum absolute atomic E-state index is 0.104. The van der Waals surface area contributed by atoms with E-state index in [1.807, 2.05) is 12.1 Å². The van der Waals surface area contributed by atoms with E-state index in [9.17, 15) is 4.79 Å². The number of guanidine groups is 1. The minimum Gasteiger partial charge on any atom is -0.497 e. The zero-order valence-electron chi connectivity index (χ0n) is 19.2. The number of likely N-dealkylation sites (tertiary alicyclic amines) is 1. The maximum atomic E-state index is 12.0. The van der Waals surface area contributed by atoms with E-state index in [0.717, 1.165) is 60.0 Å². The molecule has 1 aromatic carbocycles. The van der Waals surface area contributed by atoms with Crippen molar-refractivity contribution in [2.45, 2.75) is 26.7 Å². The molecule has 2 N–H and O–H groups in total. The topological polar surface area (TPSA) is 88.2 Å². The summed E-state index contributed by atoms with van der Waals surface area (Å²) in [5.41, 5.74) is 2.14. The van der Waals surface area contributed by atoms with Crippen molar-refractivity contribution < 1.29 is 19.0 Å². The number of fused-ring (bicyclic) bond motifs is 1. The van der Waals surface area contributed by atoms with Gasteiger partial charge in [0.15, 0.2) is 5.96 Å². The number of H-pyrrole nitrogens is 1. The van der Waals surface area contributed by atoms with Crippen molar-refractivity contribution in [3.63, 3.8) is 0 Å². The number of aliphatic imine (C=N–C) groups is 1. The number of nitrogens with zero attached hydrogens (tertiary/aromatic N) is 2. The van der Waals surface area contributed by atoms with Crippen molar-refractivity contribution in [3.05, 3.63) is 23.9 Å². The van der Waals surface area contributed by atoms with Crippen LogP contribution in [0.25, 0.3) is 10.9 Å². The van der Waals surface area contributed by atoms with Crippen LogP contribution < -0.4 is 14.8 Å². The molecule has 1 aromatic heterocycles. The number of hydrogen-bond donors (Lipinski definition) is 2. The fraction of sp³-hybridized carbons (Fsp3) is 0.565. The van der Waals surface area contributed by atoms with Gasteiger partial charge in [0.2, 0.25) is 0 Å². The van der Waals surface area contributed by atoms with E-state index in [2.05, 4.69) is 35.1 Å². The Morgan fingerprint density at radius 1 is 1.23 bits per heavy atom. The molecule has 1 fully saturated rings. The summed E-state index contributed by atoms with van der Waals surface area (Å²) < 4.78 is 15.8. The number of hydrogen-bond acceptors (Lipinski definition) is 5. The van der Waals surface area contributed by atoms with Gasteiger partial charge in [-0.3, -0.25) is 9.79 Å². The molecule has 3 rings (SSSR count). The Balaban J connectivity index is 1.62. The molecule has 0 bridgehead atoms. The van der Waals surface area contributed by atoms with Crippen molar-refractivity contribution in [1.82, 2.24) is 15.2 Å². The number of esters is 1. The van der Waals surface area contributed by atoms with Crippen LogP contribution in [0.15, 0.2) is 23.2 Å². The molecule has 0 saturated carbocycles. The second-order valence-corrected chi connectivity index (χ2v) is 7.94. The third-order valence-electron chi connectivity index (χ3n) is 5.80. The van der Waals surface area contributed by atoms with Crippen molar-refractivity contribution in [1.29, 1.82) is 0 Å². The van der Waals surface area contributed by atoms with Gasteiger partial charge in [0.1, 0.15) is 11.5 Å². The highest BCUT2D eigenvalue weighted by atomic mass is 16.5. The summed E-state index contributed by atoms with van der Waals surface area (Å²) in [7, 11) is 4.77. The molecule has 170 valence electrons. The molecule has 0 spiro atoms. The normalized spacial score (nSPS) is 19.0. The maximum Gasteiger partial charge on any atom is 0.310 e. The van der Waals surface area contributed by atoms with E-state index >= 15 is 0 Å². The summed E-state index contributed by atoms with van der Waals surface area (Å²) >= 11 is 0. The fourth-order valence-corrected chi connectivity index (χ4v) is 4.14. The van der Waals surface area contributed by atoms with E-state index in [-0.39, 0.29) is 17.8 Å². The predicted octanol–water partition coefficient (Wildman–Crippen LogP) is 2.82. The summed E-state index contributed by atoms with van der Waals surface area (Å²) in [5, 5.41) is 4.41. The SMILES string of the molecule is CCNC(=NCCCc1cc2c(OC)cc(OC)cc2[nH]1)N1CC(C)C(C(=O)OC)C1. The fourth-order valence-electron chi connectivity index (χ4n) is 4.14. The van der Waals surface area contributed by atoms with E-state index < -0.39 is 0 Å². The number of ether oxygens (including phenoxy) is 3. The first kappa shape index (κ1) is 22.8. The Labute approximate surface area is 183 Å². The van der Waals surface area contributed by atoms with Crippen molar-refractivity contribution >= 4 is 22.8 Å². The predicted molar refractivity (Wildman–Crippen MR) is 122 cm³/mol. The molecule has 0 radical (unpaired) electrons. The first-order valence-electron chi connectivity index (χ1n) is 10.8. The molecule has 1 aliphatic rings. The highest BCUT2D eigenvalue weighted by Crippen LogP contribution is 2.31. The summed E-state index contributed by atoms with van der Waals surface area (Å²) in [4.78, 5) is 22.4. The van der Waals surface area contributed by atoms with Crippen LogP contribution in [0, 0.1) is 11.8 Å². The Morgan fingerprint density at radius 2 is 2.03 bits per heavy atom. The molecule has 8 heteroatoms. The molecule has 1 saturated heterocycles. The summed E-state index contributed by atoms with van der Waals surface area (Å²) in [5.74, 6) is 2.43. The number of methoxy groups -OCH3 is 3. The highest BCUT2D eigenvalue weighted by Gasteiger charge is 2.36. The molecule has 31 heavy (non-hydrogen) atoms. The van der Waals surface area contributed by atoms with Gasteiger partial charge in [-0.2, -0.15) is 0 Å². The number of benzene rings is 1. The van der Waals surface area contributed by atoms with E-state index in [4.69, 9.17) is 19.2 Å². The van der Waals surface area contributed by atoms with Gasteiger partial charge < -0.3 is 29.4 Å². The lowest BCUT2D eigenvalue weighted by Crippen LogP contribution is -2.40. The number of aromatic amines is 1. The van der Waals surface area contributed by atoms with Gasteiger partial charge >= 0.3 is 5.97 Å². The Kier molecular flexibility index (Phi) is 7.65.